The van der Waals surface area contributed by atoms with Crippen LogP contribution in [0, 0.1) is 5.82 Å². The van der Waals surface area contributed by atoms with Gasteiger partial charge < -0.3 is 16.4 Å². The van der Waals surface area contributed by atoms with Gasteiger partial charge in [-0.05, 0) is 48.4 Å². The number of hydrogen-bond acceptors (Lipinski definition) is 2. The zero-order chi connectivity index (χ0) is 14.4. The van der Waals surface area contributed by atoms with Crippen LogP contribution < -0.4 is 16.4 Å². The van der Waals surface area contributed by atoms with Crippen LogP contribution in [0.5, 0.6) is 0 Å². The highest BCUT2D eigenvalue weighted by Gasteiger charge is 2.01. The fourth-order valence-electron chi connectivity index (χ4n) is 1.71. The molecular formula is C15H16FN3O. The molecule has 0 aromatic heterocycles. The van der Waals surface area contributed by atoms with Crippen molar-refractivity contribution in [2.45, 2.75) is 6.42 Å². The predicted octanol–water partition coefficient (Wildman–Crippen LogP) is 2.77. The molecule has 2 aromatic rings. The van der Waals surface area contributed by atoms with Crippen LogP contribution >= 0.6 is 0 Å². The lowest BCUT2D eigenvalue weighted by Gasteiger charge is -2.07. The zero-order valence-corrected chi connectivity index (χ0v) is 10.9. The molecule has 0 fully saturated rings. The Morgan fingerprint density at radius 3 is 2.35 bits per heavy atom. The highest BCUT2D eigenvalue weighted by atomic mass is 19.1. The molecule has 0 aliphatic heterocycles. The number of anilines is 2. The number of amides is 2. The number of rotatable bonds is 4. The maximum absolute atomic E-state index is 12.7. The molecule has 0 aliphatic carbocycles. The Hall–Kier alpha value is -2.56. The first-order valence-corrected chi connectivity index (χ1v) is 6.28. The molecule has 0 saturated heterocycles. The molecule has 2 amide bonds. The molecule has 0 saturated carbocycles. The summed E-state index contributed by atoms with van der Waals surface area (Å²) < 4.78 is 12.7. The van der Waals surface area contributed by atoms with E-state index in [2.05, 4.69) is 10.6 Å². The second kappa shape index (κ2) is 6.56. The van der Waals surface area contributed by atoms with Crippen molar-refractivity contribution < 1.29 is 9.18 Å². The molecule has 0 heterocycles. The van der Waals surface area contributed by atoms with Crippen molar-refractivity contribution in [2.75, 3.05) is 17.6 Å². The van der Waals surface area contributed by atoms with Gasteiger partial charge in [-0.1, -0.05) is 12.1 Å². The van der Waals surface area contributed by atoms with Crippen LogP contribution in [0.25, 0.3) is 0 Å². The van der Waals surface area contributed by atoms with Crippen molar-refractivity contribution in [3.05, 3.63) is 59.9 Å². The molecule has 2 aromatic carbocycles. The summed E-state index contributed by atoms with van der Waals surface area (Å²) >= 11 is 0. The lowest BCUT2D eigenvalue weighted by molar-refractivity contribution is 0.252. The van der Waals surface area contributed by atoms with Crippen LogP contribution in [0.1, 0.15) is 5.56 Å². The molecule has 5 heteroatoms. The van der Waals surface area contributed by atoms with Crippen molar-refractivity contribution in [3.8, 4) is 0 Å². The van der Waals surface area contributed by atoms with E-state index in [0.29, 0.717) is 12.2 Å². The minimum absolute atomic E-state index is 0.313. The smallest absolute Gasteiger partial charge is 0.319 e. The molecule has 104 valence electrons. The Morgan fingerprint density at radius 1 is 1.05 bits per heavy atom. The van der Waals surface area contributed by atoms with Gasteiger partial charge in [-0.2, -0.15) is 0 Å². The Kier molecular flexibility index (Phi) is 4.55. The van der Waals surface area contributed by atoms with Crippen LogP contribution in [0.2, 0.25) is 0 Å². The fourth-order valence-corrected chi connectivity index (χ4v) is 1.71. The third kappa shape index (κ3) is 4.28. The van der Waals surface area contributed by atoms with Crippen molar-refractivity contribution in [3.63, 3.8) is 0 Å². The topological polar surface area (TPSA) is 67.1 Å². The van der Waals surface area contributed by atoms with Crippen molar-refractivity contribution >= 4 is 17.4 Å². The Labute approximate surface area is 116 Å². The van der Waals surface area contributed by atoms with Gasteiger partial charge in [0, 0.05) is 17.9 Å². The number of benzene rings is 2. The van der Waals surface area contributed by atoms with Gasteiger partial charge in [0.2, 0.25) is 0 Å². The van der Waals surface area contributed by atoms with Crippen molar-refractivity contribution in [1.82, 2.24) is 5.32 Å². The molecule has 0 atom stereocenters. The van der Waals surface area contributed by atoms with Gasteiger partial charge in [-0.15, -0.1) is 0 Å². The fraction of sp³-hybridized carbons (Fsp3) is 0.133. The highest BCUT2D eigenvalue weighted by Crippen LogP contribution is 2.08. The van der Waals surface area contributed by atoms with E-state index in [1.54, 1.807) is 0 Å². The number of urea groups is 1. The maximum atomic E-state index is 12.7. The van der Waals surface area contributed by atoms with Crippen LogP contribution in [0.4, 0.5) is 20.6 Å². The lowest BCUT2D eigenvalue weighted by atomic mass is 10.1. The third-order valence-electron chi connectivity index (χ3n) is 2.78. The van der Waals surface area contributed by atoms with E-state index in [1.807, 2.05) is 24.3 Å². The average Bonchev–Trinajstić information content (AvgIpc) is 2.44. The first-order chi connectivity index (χ1) is 9.63. The Balaban J connectivity index is 1.75. The SMILES string of the molecule is Nc1ccc(CCNC(=O)Nc2ccc(F)cc2)cc1. The molecule has 0 spiro atoms. The summed E-state index contributed by atoms with van der Waals surface area (Å²) in [6, 6.07) is 12.8. The molecule has 0 unspecified atom stereocenters. The van der Waals surface area contributed by atoms with E-state index in [-0.39, 0.29) is 11.8 Å². The van der Waals surface area contributed by atoms with E-state index < -0.39 is 0 Å². The zero-order valence-electron chi connectivity index (χ0n) is 10.9. The number of nitrogen functional groups attached to an aromatic ring is 1. The summed E-state index contributed by atoms with van der Waals surface area (Å²) in [6.45, 7) is 0.511. The molecule has 4 N–H and O–H groups in total. The molecule has 20 heavy (non-hydrogen) atoms. The van der Waals surface area contributed by atoms with Crippen molar-refractivity contribution in [2.24, 2.45) is 0 Å². The normalized spacial score (nSPS) is 10.1. The quantitative estimate of drug-likeness (QED) is 0.750. The van der Waals surface area contributed by atoms with E-state index >= 15 is 0 Å². The Morgan fingerprint density at radius 2 is 1.70 bits per heavy atom. The van der Waals surface area contributed by atoms with Gasteiger partial charge in [0.15, 0.2) is 0 Å². The summed E-state index contributed by atoms with van der Waals surface area (Å²) in [5.41, 5.74) is 7.96. The monoisotopic (exact) mass is 273 g/mol. The highest BCUT2D eigenvalue weighted by molar-refractivity contribution is 5.89. The summed E-state index contributed by atoms with van der Waals surface area (Å²) in [5, 5.41) is 5.36. The summed E-state index contributed by atoms with van der Waals surface area (Å²) in [6.07, 6.45) is 0.719. The summed E-state index contributed by atoms with van der Waals surface area (Å²) in [4.78, 5) is 11.6. The van der Waals surface area contributed by atoms with Gasteiger partial charge in [0.25, 0.3) is 0 Å². The minimum Gasteiger partial charge on any atom is -0.399 e. The number of nitrogens with two attached hydrogens (primary N) is 1. The number of carbonyl (C=O) groups excluding carboxylic acids is 1. The van der Waals surface area contributed by atoms with Gasteiger partial charge >= 0.3 is 6.03 Å². The van der Waals surface area contributed by atoms with Crippen LogP contribution in [-0.2, 0) is 6.42 Å². The lowest BCUT2D eigenvalue weighted by Crippen LogP contribution is -2.30. The van der Waals surface area contributed by atoms with E-state index in [1.165, 1.54) is 24.3 Å². The summed E-state index contributed by atoms with van der Waals surface area (Å²) in [7, 11) is 0. The van der Waals surface area contributed by atoms with Crippen LogP contribution in [0.3, 0.4) is 0 Å². The predicted molar refractivity (Wildman–Crippen MR) is 78.0 cm³/mol. The first kappa shape index (κ1) is 13.9. The number of hydrogen-bond donors (Lipinski definition) is 3. The molecule has 0 aliphatic rings. The summed E-state index contributed by atoms with van der Waals surface area (Å²) in [5.74, 6) is -0.334. The van der Waals surface area contributed by atoms with Crippen LogP contribution in [-0.4, -0.2) is 12.6 Å². The van der Waals surface area contributed by atoms with Crippen molar-refractivity contribution in [1.29, 1.82) is 0 Å². The van der Waals surface area contributed by atoms with Gasteiger partial charge in [0.05, 0.1) is 0 Å². The Bertz CT molecular complexity index is 567. The maximum Gasteiger partial charge on any atom is 0.319 e. The number of carbonyl (C=O) groups is 1. The second-order valence-electron chi connectivity index (χ2n) is 4.38. The number of nitrogens with one attached hydrogen (secondary N) is 2. The number of halogens is 1. The van der Waals surface area contributed by atoms with E-state index in [0.717, 1.165) is 17.7 Å². The largest absolute Gasteiger partial charge is 0.399 e. The van der Waals surface area contributed by atoms with Gasteiger partial charge in [-0.25, -0.2) is 9.18 Å². The molecule has 2 rings (SSSR count). The molecule has 4 nitrogen and oxygen atoms in total. The standard InChI is InChI=1S/C15H16FN3O/c16-12-3-7-14(8-4-12)19-15(20)18-10-9-11-1-5-13(17)6-2-11/h1-8H,9-10,17H2,(H2,18,19,20). The first-order valence-electron chi connectivity index (χ1n) is 6.28. The van der Waals surface area contributed by atoms with Gasteiger partial charge in [0.1, 0.15) is 5.82 Å². The molecule has 0 bridgehead atoms. The van der Waals surface area contributed by atoms with Gasteiger partial charge in [-0.3, -0.25) is 0 Å². The van der Waals surface area contributed by atoms with Crippen LogP contribution in [0.15, 0.2) is 48.5 Å². The van der Waals surface area contributed by atoms with E-state index in [4.69, 9.17) is 5.73 Å². The minimum atomic E-state index is -0.334. The molecule has 0 radical (unpaired) electrons. The average molecular weight is 273 g/mol. The second-order valence-corrected chi connectivity index (χ2v) is 4.38. The third-order valence-corrected chi connectivity index (χ3v) is 2.78. The van der Waals surface area contributed by atoms with E-state index in [9.17, 15) is 9.18 Å². The molecular weight excluding hydrogens is 257 g/mol.